The highest BCUT2D eigenvalue weighted by atomic mass is 32.1. The molecule has 1 aromatic carbocycles. The summed E-state index contributed by atoms with van der Waals surface area (Å²) in [4.78, 5) is 1.41. The van der Waals surface area contributed by atoms with E-state index in [1.165, 1.54) is 16.0 Å². The highest BCUT2D eigenvalue weighted by Gasteiger charge is 2.01. The topological polar surface area (TPSA) is 21.3 Å². The Kier molecular flexibility index (Phi) is 5.00. The molecule has 0 spiro atoms. The molecule has 0 unspecified atom stereocenters. The van der Waals surface area contributed by atoms with Crippen LogP contribution in [0.5, 0.6) is 5.75 Å². The Morgan fingerprint density at radius 2 is 2.05 bits per heavy atom. The Hall–Kier alpha value is -1.32. The summed E-state index contributed by atoms with van der Waals surface area (Å²) < 4.78 is 5.70. The zero-order chi connectivity index (χ0) is 13.7. The van der Waals surface area contributed by atoms with E-state index in [2.05, 4.69) is 35.8 Å². The Balaban J connectivity index is 1.87. The predicted octanol–water partition coefficient (Wildman–Crippen LogP) is 4.13. The van der Waals surface area contributed by atoms with E-state index in [-0.39, 0.29) is 6.10 Å². The van der Waals surface area contributed by atoms with Crippen LogP contribution in [-0.4, -0.2) is 6.10 Å². The van der Waals surface area contributed by atoms with Gasteiger partial charge in [-0.2, -0.15) is 0 Å². The minimum absolute atomic E-state index is 0.219. The first kappa shape index (κ1) is 14.1. The molecule has 0 aliphatic rings. The van der Waals surface area contributed by atoms with Crippen molar-refractivity contribution in [1.29, 1.82) is 0 Å². The molecule has 3 heteroatoms. The van der Waals surface area contributed by atoms with Gasteiger partial charge in [0.2, 0.25) is 0 Å². The van der Waals surface area contributed by atoms with Crippen LogP contribution in [0, 0.1) is 6.92 Å². The number of aryl methyl sites for hydroxylation is 1. The van der Waals surface area contributed by atoms with Crippen LogP contribution in [0.4, 0.5) is 0 Å². The van der Waals surface area contributed by atoms with Crippen molar-refractivity contribution >= 4 is 11.3 Å². The van der Waals surface area contributed by atoms with E-state index < -0.39 is 0 Å². The Morgan fingerprint density at radius 3 is 2.74 bits per heavy atom. The molecule has 1 heterocycles. The Labute approximate surface area is 119 Å². The molecule has 0 aliphatic carbocycles. The molecular weight excluding hydrogens is 254 g/mol. The van der Waals surface area contributed by atoms with E-state index in [1.807, 2.05) is 37.3 Å². The van der Waals surface area contributed by atoms with E-state index in [1.54, 1.807) is 0 Å². The summed E-state index contributed by atoms with van der Waals surface area (Å²) in [6, 6.07) is 10.5. The zero-order valence-corrected chi connectivity index (χ0v) is 12.6. The van der Waals surface area contributed by atoms with E-state index >= 15 is 0 Å². The zero-order valence-electron chi connectivity index (χ0n) is 11.8. The standard InChI is InChI=1S/C16H21NOS/c1-12(2)18-15-6-4-5-14(9-15)10-17-11-16-13(3)7-8-19-16/h4-9,12,17H,10-11H2,1-3H3. The molecule has 2 rings (SSSR count). The van der Waals surface area contributed by atoms with E-state index in [0.717, 1.165) is 18.8 Å². The summed E-state index contributed by atoms with van der Waals surface area (Å²) in [5.41, 5.74) is 2.63. The first-order valence-electron chi connectivity index (χ1n) is 6.64. The van der Waals surface area contributed by atoms with Crippen molar-refractivity contribution in [2.24, 2.45) is 0 Å². The molecule has 0 saturated carbocycles. The molecule has 1 aromatic heterocycles. The molecule has 19 heavy (non-hydrogen) atoms. The second kappa shape index (κ2) is 6.73. The molecular formula is C16H21NOS. The molecule has 2 aromatic rings. The highest BCUT2D eigenvalue weighted by molar-refractivity contribution is 7.10. The summed E-state index contributed by atoms with van der Waals surface area (Å²) in [7, 11) is 0. The number of hydrogen-bond donors (Lipinski definition) is 1. The van der Waals surface area contributed by atoms with Crippen LogP contribution in [-0.2, 0) is 13.1 Å². The molecule has 0 radical (unpaired) electrons. The molecule has 0 atom stereocenters. The van der Waals surface area contributed by atoms with Crippen LogP contribution in [0.15, 0.2) is 35.7 Å². The lowest BCUT2D eigenvalue weighted by Crippen LogP contribution is -2.12. The largest absolute Gasteiger partial charge is 0.491 e. The van der Waals surface area contributed by atoms with Crippen molar-refractivity contribution in [3.63, 3.8) is 0 Å². The molecule has 0 bridgehead atoms. The van der Waals surface area contributed by atoms with Gasteiger partial charge in [0.25, 0.3) is 0 Å². The van der Waals surface area contributed by atoms with Gasteiger partial charge < -0.3 is 10.1 Å². The number of ether oxygens (including phenoxy) is 1. The van der Waals surface area contributed by atoms with Gasteiger partial charge in [-0.25, -0.2) is 0 Å². The minimum Gasteiger partial charge on any atom is -0.491 e. The first-order valence-corrected chi connectivity index (χ1v) is 7.52. The van der Waals surface area contributed by atoms with Crippen LogP contribution in [0.3, 0.4) is 0 Å². The van der Waals surface area contributed by atoms with E-state index in [0.29, 0.717) is 0 Å². The molecule has 0 amide bonds. The maximum atomic E-state index is 5.70. The fraction of sp³-hybridized carbons (Fsp3) is 0.375. The average molecular weight is 275 g/mol. The van der Waals surface area contributed by atoms with Gasteiger partial charge in [-0.3, -0.25) is 0 Å². The van der Waals surface area contributed by atoms with Gasteiger partial charge in [-0.1, -0.05) is 12.1 Å². The van der Waals surface area contributed by atoms with Gasteiger partial charge in [0, 0.05) is 18.0 Å². The van der Waals surface area contributed by atoms with Gasteiger partial charge in [0.05, 0.1) is 6.10 Å². The summed E-state index contributed by atoms with van der Waals surface area (Å²) in [6.45, 7) is 8.05. The van der Waals surface area contributed by atoms with Crippen molar-refractivity contribution in [3.05, 3.63) is 51.7 Å². The Bertz CT molecular complexity index is 519. The molecule has 102 valence electrons. The third-order valence-corrected chi connectivity index (χ3v) is 3.88. The molecule has 2 nitrogen and oxygen atoms in total. The second-order valence-corrected chi connectivity index (χ2v) is 5.95. The number of hydrogen-bond acceptors (Lipinski definition) is 3. The first-order chi connectivity index (χ1) is 9.15. The van der Waals surface area contributed by atoms with Crippen LogP contribution >= 0.6 is 11.3 Å². The molecule has 0 aliphatic heterocycles. The lowest BCUT2D eigenvalue weighted by atomic mass is 10.2. The second-order valence-electron chi connectivity index (χ2n) is 4.94. The van der Waals surface area contributed by atoms with Crippen LogP contribution in [0.25, 0.3) is 0 Å². The molecule has 0 saturated heterocycles. The van der Waals surface area contributed by atoms with Crippen LogP contribution in [0.1, 0.15) is 29.9 Å². The number of nitrogens with one attached hydrogen (secondary N) is 1. The Morgan fingerprint density at radius 1 is 1.21 bits per heavy atom. The number of benzene rings is 1. The normalized spacial score (nSPS) is 10.9. The van der Waals surface area contributed by atoms with Gasteiger partial charge in [-0.15, -0.1) is 11.3 Å². The summed E-state index contributed by atoms with van der Waals surface area (Å²) in [5.74, 6) is 0.946. The molecule has 0 fully saturated rings. The lowest BCUT2D eigenvalue weighted by molar-refractivity contribution is 0.242. The fourth-order valence-electron chi connectivity index (χ4n) is 1.91. The smallest absolute Gasteiger partial charge is 0.120 e. The van der Waals surface area contributed by atoms with Gasteiger partial charge in [-0.05, 0) is 55.5 Å². The summed E-state index contributed by atoms with van der Waals surface area (Å²) in [6.07, 6.45) is 0.219. The monoisotopic (exact) mass is 275 g/mol. The third kappa shape index (κ3) is 4.37. The fourth-order valence-corrected chi connectivity index (χ4v) is 2.78. The maximum absolute atomic E-state index is 5.70. The number of thiophene rings is 1. The van der Waals surface area contributed by atoms with E-state index in [4.69, 9.17) is 4.74 Å². The van der Waals surface area contributed by atoms with Gasteiger partial charge in [0.15, 0.2) is 0 Å². The molecule has 1 N–H and O–H groups in total. The average Bonchev–Trinajstić information content (AvgIpc) is 2.75. The summed E-state index contributed by atoms with van der Waals surface area (Å²) in [5, 5.41) is 5.62. The SMILES string of the molecule is Cc1ccsc1CNCc1cccc(OC(C)C)c1. The van der Waals surface area contributed by atoms with Gasteiger partial charge in [0.1, 0.15) is 5.75 Å². The summed E-state index contributed by atoms with van der Waals surface area (Å²) >= 11 is 1.81. The van der Waals surface area contributed by atoms with Crippen LogP contribution < -0.4 is 10.1 Å². The van der Waals surface area contributed by atoms with Crippen molar-refractivity contribution < 1.29 is 4.74 Å². The van der Waals surface area contributed by atoms with Gasteiger partial charge >= 0.3 is 0 Å². The van der Waals surface area contributed by atoms with Crippen molar-refractivity contribution in [2.45, 2.75) is 40.0 Å². The quantitative estimate of drug-likeness (QED) is 0.855. The highest BCUT2D eigenvalue weighted by Crippen LogP contribution is 2.17. The number of rotatable bonds is 6. The van der Waals surface area contributed by atoms with Crippen molar-refractivity contribution in [3.8, 4) is 5.75 Å². The predicted molar refractivity (Wildman–Crippen MR) is 81.8 cm³/mol. The third-order valence-electron chi connectivity index (χ3n) is 2.85. The lowest BCUT2D eigenvalue weighted by Gasteiger charge is -2.11. The van der Waals surface area contributed by atoms with Crippen LogP contribution in [0.2, 0.25) is 0 Å². The van der Waals surface area contributed by atoms with E-state index in [9.17, 15) is 0 Å². The maximum Gasteiger partial charge on any atom is 0.120 e. The van der Waals surface area contributed by atoms with Crippen molar-refractivity contribution in [1.82, 2.24) is 5.32 Å². The minimum atomic E-state index is 0.219. The van der Waals surface area contributed by atoms with Crippen molar-refractivity contribution in [2.75, 3.05) is 0 Å².